The predicted octanol–water partition coefficient (Wildman–Crippen LogP) is 1.00. The summed E-state index contributed by atoms with van der Waals surface area (Å²) in [4.78, 5) is 21.0. The number of carbonyl (C=O) groups excluding carboxylic acids is 1. The van der Waals surface area contributed by atoms with E-state index in [-0.39, 0.29) is 5.91 Å². The molecule has 0 unspecified atom stereocenters. The van der Waals surface area contributed by atoms with Crippen LogP contribution < -0.4 is 0 Å². The summed E-state index contributed by atoms with van der Waals surface area (Å²) in [6, 6.07) is 6.98. The SMILES string of the molecule is CCN1CCN(C(=O)Cn2c[c]c3cccnc32)CC1. The van der Waals surface area contributed by atoms with Crippen molar-refractivity contribution in [3.63, 3.8) is 0 Å². The van der Waals surface area contributed by atoms with Crippen molar-refractivity contribution in [1.82, 2.24) is 19.4 Å². The number of pyridine rings is 1. The molecule has 0 N–H and O–H groups in total. The van der Waals surface area contributed by atoms with Gasteiger partial charge in [-0.3, -0.25) is 4.79 Å². The molecule has 1 amide bonds. The van der Waals surface area contributed by atoms with Gasteiger partial charge in [-0.05, 0) is 18.7 Å². The maximum absolute atomic E-state index is 12.3. The average Bonchev–Trinajstić information content (AvgIpc) is 2.91. The zero-order valence-electron chi connectivity index (χ0n) is 11.7. The number of likely N-dealkylation sites (N-methyl/N-ethyl adjacent to an activating group) is 1. The fraction of sp³-hybridized carbons (Fsp3) is 0.467. The van der Waals surface area contributed by atoms with Gasteiger partial charge in [-0.1, -0.05) is 6.92 Å². The quantitative estimate of drug-likeness (QED) is 0.836. The van der Waals surface area contributed by atoms with Crippen molar-refractivity contribution in [3.05, 3.63) is 30.6 Å². The molecule has 2 aromatic heterocycles. The molecular weight excluding hydrogens is 252 g/mol. The zero-order valence-corrected chi connectivity index (χ0v) is 11.7. The minimum absolute atomic E-state index is 0.164. The van der Waals surface area contributed by atoms with Gasteiger partial charge in [0.2, 0.25) is 5.91 Å². The topological polar surface area (TPSA) is 41.4 Å². The molecule has 0 saturated carbocycles. The van der Waals surface area contributed by atoms with Crippen LogP contribution in [0.5, 0.6) is 0 Å². The molecule has 5 heteroatoms. The van der Waals surface area contributed by atoms with Gasteiger partial charge < -0.3 is 14.4 Å². The van der Waals surface area contributed by atoms with E-state index in [1.165, 1.54) is 0 Å². The van der Waals surface area contributed by atoms with Crippen LogP contribution in [0.25, 0.3) is 11.0 Å². The van der Waals surface area contributed by atoms with E-state index < -0.39 is 0 Å². The van der Waals surface area contributed by atoms with Crippen LogP contribution in [0, 0.1) is 6.07 Å². The van der Waals surface area contributed by atoms with Crippen LogP contribution >= 0.6 is 0 Å². The summed E-state index contributed by atoms with van der Waals surface area (Å²) in [6.07, 6.45) is 3.56. The number of carbonyl (C=O) groups is 1. The summed E-state index contributed by atoms with van der Waals surface area (Å²) in [5, 5.41) is 0.955. The molecule has 0 atom stereocenters. The molecule has 0 aromatic carbocycles. The summed E-state index contributed by atoms with van der Waals surface area (Å²) in [5.41, 5.74) is 0.827. The Morgan fingerprint density at radius 1 is 1.35 bits per heavy atom. The Hall–Kier alpha value is -1.88. The lowest BCUT2D eigenvalue weighted by Crippen LogP contribution is -2.49. The van der Waals surface area contributed by atoms with Gasteiger partial charge in [-0.2, -0.15) is 0 Å². The lowest BCUT2D eigenvalue weighted by molar-refractivity contribution is -0.133. The Kier molecular flexibility index (Phi) is 3.69. The van der Waals surface area contributed by atoms with Gasteiger partial charge in [0, 0.05) is 50.0 Å². The maximum atomic E-state index is 12.3. The van der Waals surface area contributed by atoms with Crippen LogP contribution in [-0.2, 0) is 11.3 Å². The van der Waals surface area contributed by atoms with E-state index in [1.807, 2.05) is 27.8 Å². The molecule has 0 bridgehead atoms. The molecule has 1 radical (unpaired) electrons. The fourth-order valence-electron chi connectivity index (χ4n) is 2.63. The molecule has 20 heavy (non-hydrogen) atoms. The van der Waals surface area contributed by atoms with E-state index >= 15 is 0 Å². The van der Waals surface area contributed by atoms with Gasteiger partial charge >= 0.3 is 0 Å². The molecule has 5 nitrogen and oxygen atoms in total. The first-order chi connectivity index (χ1) is 9.78. The number of fused-ring (bicyclic) bond motifs is 1. The number of nitrogens with zero attached hydrogens (tertiary/aromatic N) is 4. The second kappa shape index (κ2) is 5.63. The smallest absolute Gasteiger partial charge is 0.242 e. The van der Waals surface area contributed by atoms with E-state index in [9.17, 15) is 4.79 Å². The van der Waals surface area contributed by atoms with E-state index in [2.05, 4.69) is 22.9 Å². The monoisotopic (exact) mass is 271 g/mol. The second-order valence-corrected chi connectivity index (χ2v) is 5.09. The summed E-state index contributed by atoms with van der Waals surface area (Å²) < 4.78 is 1.88. The average molecular weight is 271 g/mol. The maximum Gasteiger partial charge on any atom is 0.242 e. The minimum atomic E-state index is 0.164. The Balaban J connectivity index is 1.67. The van der Waals surface area contributed by atoms with Crippen LogP contribution in [0.15, 0.2) is 24.5 Å². The number of hydrogen-bond acceptors (Lipinski definition) is 3. The standard InChI is InChI=1S/C15H19N4O/c1-2-17-8-10-18(11-9-17)14(20)12-19-7-5-13-4-3-6-16-15(13)19/h3-4,6-7H,2,8-12H2,1H3. The predicted molar refractivity (Wildman–Crippen MR) is 77.3 cm³/mol. The van der Waals surface area contributed by atoms with E-state index in [0.29, 0.717) is 6.54 Å². The van der Waals surface area contributed by atoms with Crippen LogP contribution in [0.3, 0.4) is 0 Å². The summed E-state index contributed by atoms with van der Waals surface area (Å²) in [6.45, 7) is 7.15. The number of rotatable bonds is 3. The van der Waals surface area contributed by atoms with Crippen molar-refractivity contribution in [3.8, 4) is 0 Å². The molecule has 1 aliphatic rings. The number of hydrogen-bond donors (Lipinski definition) is 0. The summed E-state index contributed by atoms with van der Waals surface area (Å²) in [7, 11) is 0. The number of piperazine rings is 1. The second-order valence-electron chi connectivity index (χ2n) is 5.09. The number of amides is 1. The van der Waals surface area contributed by atoms with Crippen LogP contribution in [0.2, 0.25) is 0 Å². The first-order valence-corrected chi connectivity index (χ1v) is 7.09. The molecule has 1 aliphatic heterocycles. The molecule has 0 aliphatic carbocycles. The molecule has 3 rings (SSSR count). The third kappa shape index (κ3) is 2.54. The fourth-order valence-corrected chi connectivity index (χ4v) is 2.63. The van der Waals surface area contributed by atoms with Crippen molar-refractivity contribution >= 4 is 16.9 Å². The van der Waals surface area contributed by atoms with Crippen LogP contribution in [-0.4, -0.2) is 58.0 Å². The lowest BCUT2D eigenvalue weighted by atomic mass is 10.3. The van der Waals surface area contributed by atoms with Gasteiger partial charge in [0.05, 0.1) is 0 Å². The molecular formula is C15H19N4O. The zero-order chi connectivity index (χ0) is 13.9. The highest BCUT2D eigenvalue weighted by molar-refractivity contribution is 5.80. The van der Waals surface area contributed by atoms with Gasteiger partial charge in [-0.15, -0.1) is 0 Å². The Bertz CT molecular complexity index is 599. The normalized spacial score (nSPS) is 16.8. The first-order valence-electron chi connectivity index (χ1n) is 7.09. The van der Waals surface area contributed by atoms with Gasteiger partial charge in [0.15, 0.2) is 0 Å². The highest BCUT2D eigenvalue weighted by Crippen LogP contribution is 2.12. The van der Waals surface area contributed by atoms with E-state index in [4.69, 9.17) is 0 Å². The molecule has 1 saturated heterocycles. The first kappa shape index (κ1) is 13.1. The highest BCUT2D eigenvalue weighted by Gasteiger charge is 2.20. The van der Waals surface area contributed by atoms with Gasteiger partial charge in [0.25, 0.3) is 0 Å². The molecule has 2 aromatic rings. The third-order valence-electron chi connectivity index (χ3n) is 3.91. The molecule has 105 valence electrons. The minimum Gasteiger partial charge on any atom is -0.339 e. The third-order valence-corrected chi connectivity index (χ3v) is 3.91. The largest absolute Gasteiger partial charge is 0.339 e. The van der Waals surface area contributed by atoms with Crippen molar-refractivity contribution in [2.75, 3.05) is 32.7 Å². The van der Waals surface area contributed by atoms with Gasteiger partial charge in [0.1, 0.15) is 12.2 Å². The van der Waals surface area contributed by atoms with Crippen molar-refractivity contribution in [2.24, 2.45) is 0 Å². The Labute approximate surface area is 118 Å². The number of aromatic nitrogens is 2. The van der Waals surface area contributed by atoms with Crippen molar-refractivity contribution in [2.45, 2.75) is 13.5 Å². The van der Waals surface area contributed by atoms with E-state index in [0.717, 1.165) is 43.8 Å². The highest BCUT2D eigenvalue weighted by atomic mass is 16.2. The van der Waals surface area contributed by atoms with Crippen LogP contribution in [0.4, 0.5) is 0 Å². The Morgan fingerprint density at radius 3 is 2.90 bits per heavy atom. The molecule has 3 heterocycles. The summed E-state index contributed by atoms with van der Waals surface area (Å²) >= 11 is 0. The summed E-state index contributed by atoms with van der Waals surface area (Å²) in [5.74, 6) is 0.164. The van der Waals surface area contributed by atoms with Gasteiger partial charge in [-0.25, -0.2) is 4.98 Å². The molecule has 1 fully saturated rings. The van der Waals surface area contributed by atoms with Crippen molar-refractivity contribution in [1.29, 1.82) is 0 Å². The Morgan fingerprint density at radius 2 is 2.15 bits per heavy atom. The molecule has 0 spiro atoms. The van der Waals surface area contributed by atoms with E-state index in [1.54, 1.807) is 6.20 Å². The van der Waals surface area contributed by atoms with Crippen LogP contribution in [0.1, 0.15) is 6.92 Å². The lowest BCUT2D eigenvalue weighted by Gasteiger charge is -2.34. The van der Waals surface area contributed by atoms with Crippen molar-refractivity contribution < 1.29 is 4.79 Å².